The van der Waals surface area contributed by atoms with E-state index in [1.54, 1.807) is 0 Å². The zero-order valence-electron chi connectivity index (χ0n) is 13.4. The number of hydrogen-bond donors (Lipinski definition) is 2. The molecular formula is C20H18N2S. The maximum Gasteiger partial charge on any atom is 0.138 e. The predicted octanol–water partition coefficient (Wildman–Crippen LogP) is 5.60. The maximum absolute atomic E-state index is 4.57. The van der Waals surface area contributed by atoms with Crippen LogP contribution in [0.4, 0.5) is 0 Å². The van der Waals surface area contributed by atoms with Crippen LogP contribution in [0.3, 0.4) is 0 Å². The number of nitrogens with zero attached hydrogens (tertiary/aromatic N) is 1. The van der Waals surface area contributed by atoms with Gasteiger partial charge < -0.3 is 4.98 Å². The minimum absolute atomic E-state index is 0.947. The van der Waals surface area contributed by atoms with E-state index in [1.807, 2.05) is 12.3 Å². The van der Waals surface area contributed by atoms with Gasteiger partial charge in [0, 0.05) is 21.9 Å². The monoisotopic (exact) mass is 318 g/mol. The maximum atomic E-state index is 4.57. The van der Waals surface area contributed by atoms with Crippen molar-refractivity contribution in [3.63, 3.8) is 0 Å². The van der Waals surface area contributed by atoms with Crippen LogP contribution < -0.4 is 0 Å². The van der Waals surface area contributed by atoms with Gasteiger partial charge in [-0.2, -0.15) is 0 Å². The molecule has 0 bridgehead atoms. The van der Waals surface area contributed by atoms with Crippen molar-refractivity contribution in [2.75, 3.05) is 0 Å². The molecule has 4 aromatic rings. The first-order chi connectivity index (χ1) is 11.0. The van der Waals surface area contributed by atoms with Crippen LogP contribution in [0.1, 0.15) is 16.7 Å². The van der Waals surface area contributed by atoms with E-state index < -0.39 is 0 Å². The third-order valence-electron chi connectivity index (χ3n) is 4.54. The summed E-state index contributed by atoms with van der Waals surface area (Å²) in [6.07, 6.45) is 1.91. The van der Waals surface area contributed by atoms with Gasteiger partial charge >= 0.3 is 0 Å². The van der Waals surface area contributed by atoms with Crippen LogP contribution in [0.15, 0.2) is 47.5 Å². The van der Waals surface area contributed by atoms with Gasteiger partial charge in [0.05, 0.1) is 5.52 Å². The van der Waals surface area contributed by atoms with Crippen molar-refractivity contribution in [1.29, 1.82) is 0 Å². The highest BCUT2D eigenvalue weighted by Crippen LogP contribution is 2.37. The molecule has 2 aromatic carbocycles. The lowest BCUT2D eigenvalue weighted by Crippen LogP contribution is -1.88. The summed E-state index contributed by atoms with van der Waals surface area (Å²) in [6, 6.07) is 12.8. The fraction of sp³-hybridized carbons (Fsp3) is 0.150. The van der Waals surface area contributed by atoms with Gasteiger partial charge in [0.1, 0.15) is 5.65 Å². The summed E-state index contributed by atoms with van der Waals surface area (Å²) in [4.78, 5) is 9.05. The van der Waals surface area contributed by atoms with Gasteiger partial charge in [0.2, 0.25) is 0 Å². The van der Waals surface area contributed by atoms with Crippen LogP contribution >= 0.6 is 12.6 Å². The molecule has 0 atom stereocenters. The summed E-state index contributed by atoms with van der Waals surface area (Å²) in [5.74, 6) is 0. The van der Waals surface area contributed by atoms with Gasteiger partial charge in [-0.05, 0) is 66.8 Å². The van der Waals surface area contributed by atoms with Crippen molar-refractivity contribution in [2.45, 2.75) is 25.7 Å². The molecular weight excluding hydrogens is 300 g/mol. The van der Waals surface area contributed by atoms with E-state index in [1.165, 1.54) is 44.1 Å². The first-order valence-electron chi connectivity index (χ1n) is 7.72. The zero-order valence-corrected chi connectivity index (χ0v) is 14.3. The van der Waals surface area contributed by atoms with E-state index in [-0.39, 0.29) is 0 Å². The first-order valence-corrected chi connectivity index (χ1v) is 8.17. The molecule has 0 amide bonds. The SMILES string of the molecule is Cc1cnc2[nH]c3c(C)c(C)cc(-c4cccc(S)c4)c3c2c1. The van der Waals surface area contributed by atoms with Gasteiger partial charge in [0.15, 0.2) is 0 Å². The fourth-order valence-corrected chi connectivity index (χ4v) is 3.46. The second-order valence-corrected chi connectivity index (χ2v) is 6.72. The summed E-state index contributed by atoms with van der Waals surface area (Å²) >= 11 is 4.50. The smallest absolute Gasteiger partial charge is 0.138 e. The molecule has 2 aromatic heterocycles. The third-order valence-corrected chi connectivity index (χ3v) is 4.82. The summed E-state index contributed by atoms with van der Waals surface area (Å²) in [7, 11) is 0. The van der Waals surface area contributed by atoms with E-state index >= 15 is 0 Å². The molecule has 0 radical (unpaired) electrons. The molecule has 23 heavy (non-hydrogen) atoms. The molecule has 0 saturated heterocycles. The molecule has 0 aliphatic carbocycles. The highest BCUT2D eigenvalue weighted by Gasteiger charge is 2.15. The number of aromatic nitrogens is 2. The highest BCUT2D eigenvalue weighted by atomic mass is 32.1. The molecule has 0 aliphatic heterocycles. The zero-order chi connectivity index (χ0) is 16.1. The number of benzene rings is 2. The van der Waals surface area contributed by atoms with E-state index in [0.717, 1.165) is 10.5 Å². The number of rotatable bonds is 1. The minimum Gasteiger partial charge on any atom is -0.339 e. The van der Waals surface area contributed by atoms with Crippen molar-refractivity contribution < 1.29 is 0 Å². The number of fused-ring (bicyclic) bond motifs is 3. The Morgan fingerprint density at radius 2 is 1.87 bits per heavy atom. The van der Waals surface area contributed by atoms with Crippen LogP contribution in [-0.2, 0) is 0 Å². The van der Waals surface area contributed by atoms with Crippen molar-refractivity contribution in [2.24, 2.45) is 0 Å². The quantitative estimate of drug-likeness (QED) is 0.440. The third kappa shape index (κ3) is 2.23. The number of thiol groups is 1. The van der Waals surface area contributed by atoms with Crippen molar-refractivity contribution in [3.05, 3.63) is 59.3 Å². The van der Waals surface area contributed by atoms with Crippen LogP contribution in [-0.4, -0.2) is 9.97 Å². The predicted molar refractivity (Wildman–Crippen MR) is 100 cm³/mol. The molecule has 0 unspecified atom stereocenters. The number of aromatic amines is 1. The number of hydrogen-bond acceptors (Lipinski definition) is 2. The molecule has 3 heteroatoms. The van der Waals surface area contributed by atoms with Gasteiger partial charge in [-0.3, -0.25) is 0 Å². The Bertz CT molecular complexity index is 1060. The van der Waals surface area contributed by atoms with Crippen LogP contribution in [0.25, 0.3) is 33.1 Å². The summed E-state index contributed by atoms with van der Waals surface area (Å²) < 4.78 is 0. The summed E-state index contributed by atoms with van der Waals surface area (Å²) in [5, 5.41) is 2.43. The topological polar surface area (TPSA) is 28.7 Å². The molecule has 2 heterocycles. The average Bonchev–Trinajstić information content (AvgIpc) is 2.90. The minimum atomic E-state index is 0.947. The molecule has 0 saturated carbocycles. The Kier molecular flexibility index (Phi) is 3.20. The van der Waals surface area contributed by atoms with Crippen LogP contribution in [0.2, 0.25) is 0 Å². The summed E-state index contributed by atoms with van der Waals surface area (Å²) in [6.45, 7) is 6.41. The Balaban J connectivity index is 2.21. The van der Waals surface area contributed by atoms with Crippen molar-refractivity contribution in [3.8, 4) is 11.1 Å². The molecule has 1 N–H and O–H groups in total. The van der Waals surface area contributed by atoms with Crippen LogP contribution in [0, 0.1) is 20.8 Å². The second-order valence-electron chi connectivity index (χ2n) is 6.20. The number of nitrogens with one attached hydrogen (secondary N) is 1. The fourth-order valence-electron chi connectivity index (χ4n) is 3.23. The lowest BCUT2D eigenvalue weighted by Gasteiger charge is -2.10. The van der Waals surface area contributed by atoms with E-state index in [0.29, 0.717) is 0 Å². The van der Waals surface area contributed by atoms with Gasteiger partial charge in [0.25, 0.3) is 0 Å². The van der Waals surface area contributed by atoms with E-state index in [4.69, 9.17) is 0 Å². The van der Waals surface area contributed by atoms with E-state index in [2.05, 4.69) is 73.7 Å². The Hall–Kier alpha value is -2.26. The molecule has 0 fully saturated rings. The molecule has 2 nitrogen and oxygen atoms in total. The van der Waals surface area contributed by atoms with Gasteiger partial charge in [-0.15, -0.1) is 12.6 Å². The lowest BCUT2D eigenvalue weighted by atomic mass is 9.94. The van der Waals surface area contributed by atoms with Crippen molar-refractivity contribution in [1.82, 2.24) is 9.97 Å². The van der Waals surface area contributed by atoms with E-state index in [9.17, 15) is 0 Å². The highest BCUT2D eigenvalue weighted by molar-refractivity contribution is 7.80. The lowest BCUT2D eigenvalue weighted by molar-refractivity contribution is 1.29. The Morgan fingerprint density at radius 3 is 2.65 bits per heavy atom. The molecule has 0 spiro atoms. The standard InChI is InChI=1S/C20H18N2S/c1-11-7-17-18-16(14-5-4-6-15(23)9-14)8-12(2)13(3)19(18)22-20(17)21-10-11/h4-10,23H,1-3H3,(H,21,22). The number of pyridine rings is 1. The van der Waals surface area contributed by atoms with Crippen LogP contribution in [0.5, 0.6) is 0 Å². The Morgan fingerprint density at radius 1 is 1.04 bits per heavy atom. The molecule has 0 aliphatic rings. The molecule has 4 rings (SSSR count). The largest absolute Gasteiger partial charge is 0.339 e. The normalized spacial score (nSPS) is 11.5. The second kappa shape index (κ2) is 5.14. The Labute approximate surface area is 141 Å². The molecule has 114 valence electrons. The first kappa shape index (κ1) is 14.3. The van der Waals surface area contributed by atoms with Crippen molar-refractivity contribution >= 4 is 34.6 Å². The summed E-state index contributed by atoms with van der Waals surface area (Å²) in [5.41, 5.74) is 8.28. The number of H-pyrrole nitrogens is 1. The van der Waals surface area contributed by atoms with Gasteiger partial charge in [-0.25, -0.2) is 4.98 Å². The van der Waals surface area contributed by atoms with Gasteiger partial charge in [-0.1, -0.05) is 18.2 Å². The average molecular weight is 318 g/mol. The number of aryl methyl sites for hydroxylation is 3.